The van der Waals surface area contributed by atoms with E-state index in [0.29, 0.717) is 12.5 Å². The second kappa shape index (κ2) is 8.13. The topological polar surface area (TPSA) is 43.8 Å². The van der Waals surface area contributed by atoms with Gasteiger partial charge in [0.05, 0.1) is 6.10 Å². The fraction of sp³-hybridized carbons (Fsp3) is 0.650. The van der Waals surface area contributed by atoms with Gasteiger partial charge in [-0.2, -0.15) is 0 Å². The molecule has 4 nitrogen and oxygen atoms in total. The van der Waals surface area contributed by atoms with Crippen LogP contribution in [0.25, 0.3) is 0 Å². The van der Waals surface area contributed by atoms with Crippen molar-refractivity contribution < 1.29 is 9.90 Å². The number of aliphatic hydroxyl groups excluding tert-OH is 1. The molecule has 0 aromatic heterocycles. The normalized spacial score (nSPS) is 25.2. The Balaban J connectivity index is 1.43. The Morgan fingerprint density at radius 3 is 2.33 bits per heavy atom. The highest BCUT2D eigenvalue weighted by atomic mass is 16.3. The zero-order chi connectivity index (χ0) is 16.9. The summed E-state index contributed by atoms with van der Waals surface area (Å²) in [5.41, 5.74) is 2.59. The molecule has 1 saturated carbocycles. The Morgan fingerprint density at radius 2 is 1.75 bits per heavy atom. The van der Waals surface area contributed by atoms with Crippen molar-refractivity contribution in [1.29, 1.82) is 0 Å². The number of benzene rings is 1. The molecule has 0 unspecified atom stereocenters. The van der Waals surface area contributed by atoms with E-state index in [4.69, 9.17) is 0 Å². The standard InChI is InChI=1S/C20H30N2O2/c1-2-16-6-8-17(9-7-16)10-11-20(24)22-14-12-21(13-15-22)18-4-3-5-19(18)23/h6-9,18-19,23H,2-5,10-15H2,1H3/t18-,19+/m1/s1. The molecule has 1 heterocycles. The molecule has 1 amide bonds. The molecule has 3 rings (SSSR count). The summed E-state index contributed by atoms with van der Waals surface area (Å²) in [6, 6.07) is 8.92. The van der Waals surface area contributed by atoms with Crippen LogP contribution in [0.15, 0.2) is 24.3 Å². The molecule has 1 saturated heterocycles. The third-order valence-electron chi connectivity index (χ3n) is 5.64. The lowest BCUT2D eigenvalue weighted by Crippen LogP contribution is -2.53. The van der Waals surface area contributed by atoms with Crippen LogP contribution in [0.1, 0.15) is 43.7 Å². The van der Waals surface area contributed by atoms with Crippen molar-refractivity contribution in [2.24, 2.45) is 0 Å². The molecule has 2 atom stereocenters. The van der Waals surface area contributed by atoms with Gasteiger partial charge in [0.15, 0.2) is 0 Å². The summed E-state index contributed by atoms with van der Waals surface area (Å²) in [5, 5.41) is 10.0. The monoisotopic (exact) mass is 330 g/mol. The largest absolute Gasteiger partial charge is 0.391 e. The molecule has 0 bridgehead atoms. The van der Waals surface area contributed by atoms with Crippen molar-refractivity contribution in [2.75, 3.05) is 26.2 Å². The van der Waals surface area contributed by atoms with E-state index in [1.54, 1.807) is 0 Å². The SMILES string of the molecule is CCc1ccc(CCC(=O)N2CCN([C@@H]3CCC[C@@H]3O)CC2)cc1. The first-order valence-electron chi connectivity index (χ1n) is 9.45. The number of piperazine rings is 1. The number of carbonyl (C=O) groups excluding carboxylic acids is 1. The summed E-state index contributed by atoms with van der Waals surface area (Å²) in [7, 11) is 0. The average Bonchev–Trinajstić information content (AvgIpc) is 3.06. The van der Waals surface area contributed by atoms with Crippen LogP contribution < -0.4 is 0 Å². The van der Waals surface area contributed by atoms with E-state index in [9.17, 15) is 9.90 Å². The van der Waals surface area contributed by atoms with Crippen LogP contribution in [0, 0.1) is 0 Å². The molecule has 1 aromatic carbocycles. The maximum Gasteiger partial charge on any atom is 0.222 e. The van der Waals surface area contributed by atoms with Gasteiger partial charge in [0.25, 0.3) is 0 Å². The van der Waals surface area contributed by atoms with Gasteiger partial charge in [0, 0.05) is 38.6 Å². The van der Waals surface area contributed by atoms with Crippen LogP contribution in [0.5, 0.6) is 0 Å². The highest BCUT2D eigenvalue weighted by Gasteiger charge is 2.33. The lowest BCUT2D eigenvalue weighted by Gasteiger charge is -2.39. The molecule has 132 valence electrons. The summed E-state index contributed by atoms with van der Waals surface area (Å²) in [5.74, 6) is 0.265. The van der Waals surface area contributed by atoms with Gasteiger partial charge in [-0.15, -0.1) is 0 Å². The Labute approximate surface area is 145 Å². The Kier molecular flexibility index (Phi) is 5.90. The quantitative estimate of drug-likeness (QED) is 0.900. The molecular weight excluding hydrogens is 300 g/mol. The van der Waals surface area contributed by atoms with E-state index in [2.05, 4.69) is 36.1 Å². The first kappa shape index (κ1) is 17.4. The molecule has 1 aliphatic carbocycles. The number of carbonyl (C=O) groups is 1. The van der Waals surface area contributed by atoms with Crippen LogP contribution in [-0.2, 0) is 17.6 Å². The van der Waals surface area contributed by atoms with Crippen molar-refractivity contribution in [3.05, 3.63) is 35.4 Å². The van der Waals surface area contributed by atoms with Crippen molar-refractivity contribution in [3.63, 3.8) is 0 Å². The van der Waals surface area contributed by atoms with Gasteiger partial charge in [0.2, 0.25) is 5.91 Å². The van der Waals surface area contributed by atoms with Crippen LogP contribution in [0.3, 0.4) is 0 Å². The fourth-order valence-electron chi connectivity index (χ4n) is 4.00. The zero-order valence-corrected chi connectivity index (χ0v) is 14.8. The molecule has 1 aliphatic heterocycles. The van der Waals surface area contributed by atoms with E-state index in [0.717, 1.165) is 58.3 Å². The molecule has 2 fully saturated rings. The van der Waals surface area contributed by atoms with Gasteiger partial charge in [-0.25, -0.2) is 0 Å². The number of rotatable bonds is 5. The highest BCUT2D eigenvalue weighted by Crippen LogP contribution is 2.25. The summed E-state index contributed by atoms with van der Waals surface area (Å²) >= 11 is 0. The van der Waals surface area contributed by atoms with Crippen LogP contribution in [0.4, 0.5) is 0 Å². The smallest absolute Gasteiger partial charge is 0.222 e. The lowest BCUT2D eigenvalue weighted by atomic mass is 10.1. The van der Waals surface area contributed by atoms with E-state index < -0.39 is 0 Å². The predicted molar refractivity (Wildman–Crippen MR) is 95.9 cm³/mol. The van der Waals surface area contributed by atoms with Gasteiger partial charge < -0.3 is 10.0 Å². The van der Waals surface area contributed by atoms with Crippen molar-refractivity contribution in [1.82, 2.24) is 9.80 Å². The minimum absolute atomic E-state index is 0.168. The number of aryl methyl sites for hydroxylation is 2. The van der Waals surface area contributed by atoms with E-state index in [1.165, 1.54) is 11.1 Å². The van der Waals surface area contributed by atoms with E-state index in [-0.39, 0.29) is 12.0 Å². The summed E-state index contributed by atoms with van der Waals surface area (Å²) in [4.78, 5) is 16.8. The molecule has 0 radical (unpaired) electrons. The number of hydrogen-bond acceptors (Lipinski definition) is 3. The number of amides is 1. The molecule has 2 aliphatic rings. The number of nitrogens with zero attached hydrogens (tertiary/aromatic N) is 2. The molecule has 24 heavy (non-hydrogen) atoms. The molecule has 0 spiro atoms. The summed E-state index contributed by atoms with van der Waals surface area (Å²) in [6.45, 7) is 5.56. The first-order valence-corrected chi connectivity index (χ1v) is 9.45. The molecule has 4 heteroatoms. The number of aliphatic hydroxyl groups is 1. The number of hydrogen-bond donors (Lipinski definition) is 1. The third kappa shape index (κ3) is 4.17. The van der Waals surface area contributed by atoms with Crippen molar-refractivity contribution in [2.45, 2.75) is 57.6 Å². The van der Waals surface area contributed by atoms with Gasteiger partial charge in [0.1, 0.15) is 0 Å². The second-order valence-corrected chi connectivity index (χ2v) is 7.15. The first-order chi connectivity index (χ1) is 11.7. The van der Waals surface area contributed by atoms with Gasteiger partial charge in [-0.05, 0) is 43.2 Å². The van der Waals surface area contributed by atoms with Gasteiger partial charge in [-0.1, -0.05) is 31.2 Å². The molecular formula is C20H30N2O2. The van der Waals surface area contributed by atoms with Crippen LogP contribution in [0.2, 0.25) is 0 Å². The minimum Gasteiger partial charge on any atom is -0.391 e. The highest BCUT2D eigenvalue weighted by molar-refractivity contribution is 5.76. The maximum atomic E-state index is 12.4. The molecule has 1 aromatic rings. The lowest BCUT2D eigenvalue weighted by molar-refractivity contribution is -0.133. The zero-order valence-electron chi connectivity index (χ0n) is 14.8. The van der Waals surface area contributed by atoms with Gasteiger partial charge >= 0.3 is 0 Å². The minimum atomic E-state index is -0.168. The maximum absolute atomic E-state index is 12.4. The average molecular weight is 330 g/mol. The Hall–Kier alpha value is -1.39. The second-order valence-electron chi connectivity index (χ2n) is 7.15. The van der Waals surface area contributed by atoms with Gasteiger partial charge in [-0.3, -0.25) is 9.69 Å². The molecule has 1 N–H and O–H groups in total. The van der Waals surface area contributed by atoms with Crippen LogP contribution >= 0.6 is 0 Å². The Bertz CT molecular complexity index is 535. The van der Waals surface area contributed by atoms with E-state index >= 15 is 0 Å². The van der Waals surface area contributed by atoms with Crippen molar-refractivity contribution in [3.8, 4) is 0 Å². The Morgan fingerprint density at radius 1 is 1.08 bits per heavy atom. The third-order valence-corrected chi connectivity index (χ3v) is 5.64. The van der Waals surface area contributed by atoms with Crippen LogP contribution in [-0.4, -0.2) is 59.1 Å². The van der Waals surface area contributed by atoms with Crippen molar-refractivity contribution >= 4 is 5.91 Å². The fourth-order valence-corrected chi connectivity index (χ4v) is 4.00. The summed E-state index contributed by atoms with van der Waals surface area (Å²) in [6.07, 6.45) is 5.46. The summed E-state index contributed by atoms with van der Waals surface area (Å²) < 4.78 is 0. The van der Waals surface area contributed by atoms with E-state index in [1.807, 2.05) is 4.90 Å². The predicted octanol–water partition coefficient (Wildman–Crippen LogP) is 2.24.